The first kappa shape index (κ1) is 11.7. The highest BCUT2D eigenvalue weighted by molar-refractivity contribution is 7.98. The van der Waals surface area contributed by atoms with Crippen LogP contribution in [0.1, 0.15) is 24.5 Å². The van der Waals surface area contributed by atoms with Crippen molar-refractivity contribution in [3.05, 3.63) is 34.1 Å². The highest BCUT2D eigenvalue weighted by atomic mass is 32.2. The lowest BCUT2D eigenvalue weighted by molar-refractivity contribution is 0.997. The van der Waals surface area contributed by atoms with Gasteiger partial charge in [0.15, 0.2) is 0 Å². The average molecular weight is 257 g/mol. The summed E-state index contributed by atoms with van der Waals surface area (Å²) in [5.41, 5.74) is 4.31. The zero-order valence-corrected chi connectivity index (χ0v) is 11.6. The van der Waals surface area contributed by atoms with Crippen LogP contribution in [-0.2, 0) is 0 Å². The first-order valence-corrected chi connectivity index (χ1v) is 7.01. The lowest BCUT2D eigenvalue weighted by Gasteiger charge is -2.13. The Morgan fingerprint density at radius 3 is 2.44 bits per heavy atom. The standard InChI is InChI=1S/C14H15N3S/c1-4-10-7-11-8(2)13-14(16-6-5-15-13)9(3)12(11)17-18-10/h5-7,10H,4H2,1-3H3. The molecule has 1 aromatic carbocycles. The molecule has 3 rings (SSSR count). The van der Waals surface area contributed by atoms with Crippen LogP contribution in [0.25, 0.3) is 17.1 Å². The molecule has 0 aliphatic carbocycles. The summed E-state index contributed by atoms with van der Waals surface area (Å²) in [6, 6.07) is 0. The van der Waals surface area contributed by atoms with Gasteiger partial charge in [-0.3, -0.25) is 9.97 Å². The Morgan fingerprint density at radius 1 is 1.11 bits per heavy atom. The molecule has 0 fully saturated rings. The Labute approximate surface area is 110 Å². The van der Waals surface area contributed by atoms with Crippen LogP contribution in [0.3, 0.4) is 0 Å². The molecular formula is C14H15N3S. The highest BCUT2D eigenvalue weighted by Gasteiger charge is 2.14. The summed E-state index contributed by atoms with van der Waals surface area (Å²) in [6.45, 7) is 6.39. The molecule has 0 spiro atoms. The maximum absolute atomic E-state index is 4.67. The van der Waals surface area contributed by atoms with Gasteiger partial charge in [0, 0.05) is 28.4 Å². The molecule has 92 valence electrons. The zero-order chi connectivity index (χ0) is 12.7. The third kappa shape index (κ3) is 1.63. The van der Waals surface area contributed by atoms with Gasteiger partial charge in [0.1, 0.15) is 0 Å². The van der Waals surface area contributed by atoms with Gasteiger partial charge < -0.3 is 0 Å². The van der Waals surface area contributed by atoms with Crippen LogP contribution in [0.15, 0.2) is 16.8 Å². The topological polar surface area (TPSA) is 38.1 Å². The van der Waals surface area contributed by atoms with Crippen LogP contribution in [0.4, 0.5) is 0 Å². The molecule has 0 radical (unpaired) electrons. The fourth-order valence-electron chi connectivity index (χ4n) is 2.36. The van der Waals surface area contributed by atoms with E-state index in [1.165, 1.54) is 10.8 Å². The summed E-state index contributed by atoms with van der Waals surface area (Å²) in [5.74, 6) is 0. The number of rotatable bonds is 1. The molecule has 4 heteroatoms. The summed E-state index contributed by atoms with van der Waals surface area (Å²) in [7, 11) is 0. The van der Waals surface area contributed by atoms with Crippen LogP contribution in [-0.4, -0.2) is 15.2 Å². The molecule has 0 saturated heterocycles. The van der Waals surface area contributed by atoms with E-state index in [0.717, 1.165) is 28.4 Å². The highest BCUT2D eigenvalue weighted by Crippen LogP contribution is 2.20. The van der Waals surface area contributed by atoms with Crippen molar-refractivity contribution in [2.75, 3.05) is 0 Å². The predicted molar refractivity (Wildman–Crippen MR) is 75.9 cm³/mol. The minimum Gasteiger partial charge on any atom is -0.253 e. The molecule has 1 atom stereocenters. The Balaban J connectivity index is 2.49. The lowest BCUT2D eigenvalue weighted by Crippen LogP contribution is -2.34. The van der Waals surface area contributed by atoms with E-state index in [4.69, 9.17) is 0 Å². The van der Waals surface area contributed by atoms with Crippen molar-refractivity contribution < 1.29 is 0 Å². The number of hydrogen-bond acceptors (Lipinski definition) is 4. The summed E-state index contributed by atoms with van der Waals surface area (Å²) < 4.78 is 4.67. The molecule has 0 bridgehead atoms. The number of aryl methyl sites for hydroxylation is 2. The van der Waals surface area contributed by atoms with Crippen molar-refractivity contribution in [2.24, 2.45) is 4.40 Å². The van der Waals surface area contributed by atoms with Gasteiger partial charge in [-0.15, -0.1) is 0 Å². The maximum Gasteiger partial charge on any atom is 0.0940 e. The van der Waals surface area contributed by atoms with E-state index in [1.807, 2.05) is 0 Å². The van der Waals surface area contributed by atoms with Gasteiger partial charge in [0.2, 0.25) is 0 Å². The van der Waals surface area contributed by atoms with Crippen molar-refractivity contribution in [3.8, 4) is 0 Å². The minimum absolute atomic E-state index is 0.477. The van der Waals surface area contributed by atoms with Crippen LogP contribution in [0.2, 0.25) is 0 Å². The number of fused-ring (bicyclic) bond motifs is 2. The summed E-state index contributed by atoms with van der Waals surface area (Å²) in [6.07, 6.45) is 6.93. The van der Waals surface area contributed by atoms with Gasteiger partial charge in [0.25, 0.3) is 0 Å². The summed E-state index contributed by atoms with van der Waals surface area (Å²) in [4.78, 5) is 8.91. The largest absolute Gasteiger partial charge is 0.253 e. The first-order chi connectivity index (χ1) is 8.72. The van der Waals surface area contributed by atoms with Gasteiger partial charge in [-0.25, -0.2) is 4.40 Å². The van der Waals surface area contributed by atoms with Crippen LogP contribution in [0, 0.1) is 13.8 Å². The zero-order valence-electron chi connectivity index (χ0n) is 10.8. The number of hydrogen-bond donors (Lipinski definition) is 0. The lowest BCUT2D eigenvalue weighted by atomic mass is 10.0. The normalized spacial score (nSPS) is 18.1. The first-order valence-electron chi connectivity index (χ1n) is 6.18. The predicted octanol–water partition coefficient (Wildman–Crippen LogP) is 2.09. The summed E-state index contributed by atoms with van der Waals surface area (Å²) in [5, 5.41) is 2.80. The van der Waals surface area contributed by atoms with E-state index in [0.29, 0.717) is 5.25 Å². The molecule has 2 heterocycles. The minimum atomic E-state index is 0.477. The second-order valence-corrected chi connectivity index (χ2v) is 5.57. The quantitative estimate of drug-likeness (QED) is 0.734. The molecule has 2 aromatic rings. The summed E-state index contributed by atoms with van der Waals surface area (Å²) >= 11 is 1.66. The van der Waals surface area contributed by atoms with E-state index in [-0.39, 0.29) is 0 Å². The van der Waals surface area contributed by atoms with Crippen molar-refractivity contribution in [3.63, 3.8) is 0 Å². The molecular weight excluding hydrogens is 242 g/mol. The van der Waals surface area contributed by atoms with Gasteiger partial charge in [-0.1, -0.05) is 13.0 Å². The van der Waals surface area contributed by atoms with Gasteiger partial charge in [-0.2, -0.15) is 0 Å². The van der Waals surface area contributed by atoms with Crippen molar-refractivity contribution in [1.82, 2.24) is 9.97 Å². The van der Waals surface area contributed by atoms with Crippen molar-refractivity contribution in [2.45, 2.75) is 32.4 Å². The maximum atomic E-state index is 4.67. The molecule has 0 amide bonds. The fraction of sp³-hybridized carbons (Fsp3) is 0.357. The Bertz CT molecular complexity index is 737. The van der Waals surface area contributed by atoms with E-state index in [2.05, 4.69) is 41.2 Å². The SMILES string of the molecule is CCC1C=c2c(C)c3nccnc3c(C)c2=NS1. The Kier molecular flexibility index (Phi) is 2.82. The second-order valence-electron chi connectivity index (χ2n) is 4.58. The number of benzene rings is 1. The average Bonchev–Trinajstić information content (AvgIpc) is 2.44. The van der Waals surface area contributed by atoms with Gasteiger partial charge in [-0.05, 0) is 37.8 Å². The molecule has 3 nitrogen and oxygen atoms in total. The number of aromatic nitrogens is 2. The van der Waals surface area contributed by atoms with E-state index < -0.39 is 0 Å². The molecule has 1 aliphatic heterocycles. The molecule has 1 aliphatic rings. The third-order valence-electron chi connectivity index (χ3n) is 3.46. The van der Waals surface area contributed by atoms with Gasteiger partial charge in [0.05, 0.1) is 16.4 Å². The van der Waals surface area contributed by atoms with E-state index in [9.17, 15) is 0 Å². The van der Waals surface area contributed by atoms with Gasteiger partial charge >= 0.3 is 0 Å². The molecule has 1 unspecified atom stereocenters. The fourth-order valence-corrected chi connectivity index (χ4v) is 3.18. The number of nitrogens with zero attached hydrogens (tertiary/aromatic N) is 3. The molecule has 18 heavy (non-hydrogen) atoms. The smallest absolute Gasteiger partial charge is 0.0940 e. The molecule has 0 saturated carbocycles. The molecule has 0 N–H and O–H groups in total. The van der Waals surface area contributed by atoms with Crippen LogP contribution in [0.5, 0.6) is 0 Å². The molecule has 1 aromatic heterocycles. The Morgan fingerprint density at radius 2 is 1.78 bits per heavy atom. The van der Waals surface area contributed by atoms with Crippen LogP contribution < -0.4 is 10.6 Å². The second kappa shape index (κ2) is 4.35. The van der Waals surface area contributed by atoms with E-state index in [1.54, 1.807) is 24.3 Å². The Hall–Kier alpha value is -1.42. The third-order valence-corrected chi connectivity index (χ3v) is 4.49. The van der Waals surface area contributed by atoms with Crippen molar-refractivity contribution >= 4 is 29.1 Å². The van der Waals surface area contributed by atoms with Crippen molar-refractivity contribution in [1.29, 1.82) is 0 Å². The monoisotopic (exact) mass is 257 g/mol. The van der Waals surface area contributed by atoms with Crippen LogP contribution >= 0.6 is 11.9 Å². The van der Waals surface area contributed by atoms with E-state index >= 15 is 0 Å².